The van der Waals surface area contributed by atoms with Crippen LogP contribution in [0.4, 0.5) is 0 Å². The fourth-order valence-corrected chi connectivity index (χ4v) is 19.8. The minimum Gasteiger partial charge on any atom is -0.0877 e. The zero-order chi connectivity index (χ0) is 68.0. The molecule has 0 nitrogen and oxygen atoms in total. The van der Waals surface area contributed by atoms with Crippen LogP contribution in [0.25, 0.3) is 0 Å². The van der Waals surface area contributed by atoms with Gasteiger partial charge in [0.2, 0.25) is 0 Å². The molecule has 0 amide bonds. The lowest BCUT2D eigenvalue weighted by molar-refractivity contribution is 0.184. The summed E-state index contributed by atoms with van der Waals surface area (Å²) in [6.45, 7) is 32.9. The average Bonchev–Trinajstić information content (AvgIpc) is 1.72. The van der Waals surface area contributed by atoms with Gasteiger partial charge in [-0.15, -0.1) is 0 Å². The van der Waals surface area contributed by atoms with Gasteiger partial charge in [0.15, 0.2) is 0 Å². The molecule has 95 heavy (non-hydrogen) atoms. The van der Waals surface area contributed by atoms with Crippen LogP contribution in [0, 0.1) is 79.3 Å². The second-order valence-corrected chi connectivity index (χ2v) is 37.7. The molecule has 2 atom stereocenters. The summed E-state index contributed by atoms with van der Waals surface area (Å²) >= 11 is 0. The molecule has 0 saturated heterocycles. The number of rotatable bonds is 7. The normalized spacial score (nSPS) is 28.4. The summed E-state index contributed by atoms with van der Waals surface area (Å²) < 4.78 is 0. The summed E-state index contributed by atoms with van der Waals surface area (Å²) in [6, 6.07) is 0. The number of hydrogen-bond acceptors (Lipinski definition) is 0. The summed E-state index contributed by atoms with van der Waals surface area (Å²) in [5.41, 5.74) is 16.5. The molecule has 5 saturated carbocycles. The van der Waals surface area contributed by atoms with E-state index in [0.29, 0.717) is 37.9 Å². The Bertz CT molecular complexity index is 2470. The van der Waals surface area contributed by atoms with Crippen molar-refractivity contribution in [1.82, 2.24) is 0 Å². The van der Waals surface area contributed by atoms with E-state index in [9.17, 15) is 0 Å². The molecule has 0 aliphatic heterocycles. The maximum atomic E-state index is 2.73. The molecule has 0 radical (unpaired) electrons. The van der Waals surface area contributed by atoms with E-state index in [2.05, 4.69) is 164 Å². The average molecular weight is 1300 g/mol. The van der Waals surface area contributed by atoms with Crippen LogP contribution in [0.15, 0.2) is 106 Å². The van der Waals surface area contributed by atoms with E-state index in [1.54, 1.807) is 39.0 Å². The highest BCUT2D eigenvalue weighted by atomic mass is 14.5. The molecule has 0 heterocycles. The Kier molecular flexibility index (Phi) is 31.0. The van der Waals surface area contributed by atoms with Crippen molar-refractivity contribution >= 4 is 0 Å². The van der Waals surface area contributed by atoms with Crippen molar-refractivity contribution in [1.29, 1.82) is 0 Å². The van der Waals surface area contributed by atoms with Gasteiger partial charge in [-0.1, -0.05) is 286 Å². The third-order valence-corrected chi connectivity index (χ3v) is 27.5. The van der Waals surface area contributed by atoms with Crippen molar-refractivity contribution in [2.75, 3.05) is 0 Å². The van der Waals surface area contributed by atoms with Gasteiger partial charge in [0.05, 0.1) is 0 Å². The first-order chi connectivity index (χ1) is 45.5. The summed E-state index contributed by atoms with van der Waals surface area (Å²) in [5, 5.41) is 0. The lowest BCUT2D eigenvalue weighted by atomic mass is 9.65. The molecule has 0 aromatic carbocycles. The molecule has 0 bridgehead atoms. The van der Waals surface area contributed by atoms with E-state index < -0.39 is 0 Å². The highest BCUT2D eigenvalue weighted by Crippen LogP contribution is 2.56. The second kappa shape index (κ2) is 37.5. The molecule has 14 aliphatic carbocycles. The quantitative estimate of drug-likeness (QED) is 0.223. The summed E-state index contributed by atoms with van der Waals surface area (Å²) in [7, 11) is 0. The van der Waals surface area contributed by atoms with Crippen LogP contribution < -0.4 is 0 Å². The zero-order valence-corrected chi connectivity index (χ0v) is 66.0. The van der Waals surface area contributed by atoms with Crippen molar-refractivity contribution in [3.8, 4) is 0 Å². The van der Waals surface area contributed by atoms with Crippen molar-refractivity contribution in [3.05, 3.63) is 106 Å². The van der Waals surface area contributed by atoms with Gasteiger partial charge in [-0.25, -0.2) is 0 Å². The molecule has 14 aliphatic rings. The van der Waals surface area contributed by atoms with Crippen LogP contribution in [-0.2, 0) is 0 Å². The Morgan fingerprint density at radius 1 is 0.189 bits per heavy atom. The molecule has 2 unspecified atom stereocenters. The van der Waals surface area contributed by atoms with E-state index in [0.717, 1.165) is 41.4 Å². The monoisotopic (exact) mass is 1300 g/mol. The van der Waals surface area contributed by atoms with E-state index in [-0.39, 0.29) is 0 Å². The fraction of sp³-hybridized carbons (Fsp3) is 0.811. The van der Waals surface area contributed by atoms with Crippen molar-refractivity contribution in [3.63, 3.8) is 0 Å². The first-order valence-corrected chi connectivity index (χ1v) is 42.9. The van der Waals surface area contributed by atoms with Gasteiger partial charge in [0.1, 0.15) is 0 Å². The highest BCUT2D eigenvalue weighted by Gasteiger charge is 2.43. The van der Waals surface area contributed by atoms with Crippen LogP contribution in [0.5, 0.6) is 0 Å². The van der Waals surface area contributed by atoms with E-state index in [1.807, 2.05) is 0 Å². The molecule has 5 fully saturated rings. The third kappa shape index (κ3) is 24.7. The highest BCUT2D eigenvalue weighted by molar-refractivity contribution is 5.25. The molecule has 14 rings (SSSR count). The molecular weight excluding hydrogens is 1140 g/mol. The fourth-order valence-electron chi connectivity index (χ4n) is 19.8. The third-order valence-electron chi connectivity index (χ3n) is 27.5. The molecule has 538 valence electrons. The number of allylic oxidation sites excluding steroid dienone is 18. The van der Waals surface area contributed by atoms with Crippen molar-refractivity contribution in [2.24, 2.45) is 79.3 Å². The zero-order valence-electron chi connectivity index (χ0n) is 66.0. The number of hydrogen-bond donors (Lipinski definition) is 0. The molecule has 0 aromatic heterocycles. The van der Waals surface area contributed by atoms with E-state index in [1.165, 1.54) is 315 Å². The van der Waals surface area contributed by atoms with E-state index in [4.69, 9.17) is 0 Å². The van der Waals surface area contributed by atoms with Gasteiger partial charge >= 0.3 is 0 Å². The standard InChI is InChI=1S/C16H28.C15H24.C14H22.2C13H22.2C12H20/c1-14(2)15-9-5-8-12-16(13-15)10-6-3-4-7-11-16;1-13(2)14-8-4-7-11-15(12-14)9-5-3-6-10-15;1-12(2)13-7-3-4-8-14(11-13)9-5-6-10-14;2*1-11(2)12-6-3-4-7-13(10-12)8-5-9-13;2*1-10(2)11-5-3-4-6-12(9-11)7-8-12/h13-14H,3-12H2,1-2H3;5,9,12-13H,3-4,6-8,10-11H2,1-2H3;5,9,11-12H,3-4,6-8,10H2,1-2H3;2*10-11H,3-9H2,1-2H3;2*9-10H,3-8H2,1-2H3. The largest absolute Gasteiger partial charge is 0.0877 e. The maximum Gasteiger partial charge on any atom is 0.00666 e. The first-order valence-electron chi connectivity index (χ1n) is 42.9. The molecule has 0 aromatic rings. The molecule has 7 spiro atoms. The second-order valence-electron chi connectivity index (χ2n) is 37.7. The predicted octanol–water partition coefficient (Wildman–Crippen LogP) is 31.3. The maximum absolute atomic E-state index is 2.73. The van der Waals surface area contributed by atoms with Gasteiger partial charge in [-0.05, 0) is 300 Å². The Balaban J connectivity index is 0.000000142. The Morgan fingerprint density at radius 2 is 0.400 bits per heavy atom. The summed E-state index contributed by atoms with van der Waals surface area (Å²) in [5.74, 6) is 5.43. The van der Waals surface area contributed by atoms with Crippen LogP contribution in [0.3, 0.4) is 0 Å². The Morgan fingerprint density at radius 3 is 0.621 bits per heavy atom. The Hall–Kier alpha value is -2.34. The SMILES string of the molecule is CC(C)C1=CC2(C=CCC2)CCCC1.CC(C)C1=CC2(C=CCCC2)CCCC1.CC(C)C1=CC2(CCCC1)CC2.CC(C)C1=CC2(CCCC1)CC2.CC(C)C1=CC2(CCCC1)CCC2.CC(C)C1=CC2(CCCC1)CCC2.CC(C)C1=CC2(CCCCCC2)CCCC1. The van der Waals surface area contributed by atoms with Gasteiger partial charge in [-0.2, -0.15) is 0 Å². The van der Waals surface area contributed by atoms with Crippen LogP contribution in [-0.4, -0.2) is 0 Å². The van der Waals surface area contributed by atoms with Crippen LogP contribution in [0.2, 0.25) is 0 Å². The summed E-state index contributed by atoms with van der Waals surface area (Å²) in [4.78, 5) is 0. The van der Waals surface area contributed by atoms with Crippen LogP contribution in [0.1, 0.15) is 412 Å². The lowest BCUT2D eigenvalue weighted by Gasteiger charge is -2.39. The smallest absolute Gasteiger partial charge is 0.00666 e. The van der Waals surface area contributed by atoms with Gasteiger partial charge < -0.3 is 0 Å². The van der Waals surface area contributed by atoms with Crippen molar-refractivity contribution in [2.45, 2.75) is 412 Å². The molecule has 0 heteroatoms. The summed E-state index contributed by atoms with van der Waals surface area (Å²) in [6.07, 6.45) is 98.5. The minimum absolute atomic E-state index is 0.453. The van der Waals surface area contributed by atoms with E-state index >= 15 is 0 Å². The van der Waals surface area contributed by atoms with Gasteiger partial charge in [-0.3, -0.25) is 0 Å². The topological polar surface area (TPSA) is 0 Å². The van der Waals surface area contributed by atoms with Crippen LogP contribution >= 0.6 is 0 Å². The minimum atomic E-state index is 0.453. The Labute approximate surface area is 593 Å². The predicted molar refractivity (Wildman–Crippen MR) is 422 cm³/mol. The first kappa shape index (κ1) is 78.4. The molecular formula is C95H158. The van der Waals surface area contributed by atoms with Gasteiger partial charge in [0.25, 0.3) is 0 Å². The lowest BCUT2D eigenvalue weighted by Crippen LogP contribution is -2.26. The van der Waals surface area contributed by atoms with Crippen molar-refractivity contribution < 1.29 is 0 Å². The van der Waals surface area contributed by atoms with Gasteiger partial charge in [0, 0.05) is 10.8 Å². The molecule has 0 N–H and O–H groups in total.